The van der Waals surface area contributed by atoms with Crippen LogP contribution in [0.3, 0.4) is 0 Å². The van der Waals surface area contributed by atoms with Gasteiger partial charge in [0.2, 0.25) is 10.0 Å². The van der Waals surface area contributed by atoms with Crippen LogP contribution in [0.5, 0.6) is 0 Å². The monoisotopic (exact) mass is 361 g/mol. The van der Waals surface area contributed by atoms with Crippen molar-refractivity contribution in [2.75, 3.05) is 36.8 Å². The zero-order chi connectivity index (χ0) is 17.0. The maximum Gasteiger partial charge on any atom is 0.215 e. The number of nitrogens with one attached hydrogen (secondary N) is 1. The third-order valence-electron chi connectivity index (χ3n) is 4.18. The molecule has 1 aliphatic heterocycles. The lowest BCUT2D eigenvalue weighted by atomic mass is 10.1. The summed E-state index contributed by atoms with van der Waals surface area (Å²) in [6.45, 7) is 5.92. The molecule has 0 bridgehead atoms. The Morgan fingerprint density at radius 2 is 1.74 bits per heavy atom. The molecule has 2 N–H and O–H groups in total. The molecule has 0 spiro atoms. The molecule has 1 aromatic carbocycles. The lowest BCUT2D eigenvalue weighted by molar-refractivity contribution is 0.113. The molecule has 2 rings (SSSR count). The van der Waals surface area contributed by atoms with Crippen molar-refractivity contribution >= 4 is 27.3 Å². The van der Waals surface area contributed by atoms with E-state index in [2.05, 4.69) is 10.4 Å². The summed E-state index contributed by atoms with van der Waals surface area (Å²) < 4.78 is 26.5. The van der Waals surface area contributed by atoms with Gasteiger partial charge in [-0.3, -0.25) is 0 Å². The summed E-state index contributed by atoms with van der Waals surface area (Å²) in [6, 6.07) is 7.09. The van der Waals surface area contributed by atoms with Gasteiger partial charge in [-0.1, -0.05) is 25.4 Å². The SMILES string of the molecule is CC(C)C(CS(=O)(=O)N1CCN(c2ccc(Cl)cc2)CC1)NO. The Morgan fingerprint density at radius 3 is 2.22 bits per heavy atom. The first-order chi connectivity index (χ1) is 10.8. The van der Waals surface area contributed by atoms with E-state index in [1.54, 1.807) is 0 Å². The van der Waals surface area contributed by atoms with Crippen molar-refractivity contribution in [3.8, 4) is 0 Å². The van der Waals surface area contributed by atoms with Crippen LogP contribution in [-0.4, -0.2) is 55.9 Å². The van der Waals surface area contributed by atoms with E-state index in [-0.39, 0.29) is 11.7 Å². The van der Waals surface area contributed by atoms with Crippen molar-refractivity contribution < 1.29 is 13.6 Å². The average molecular weight is 362 g/mol. The van der Waals surface area contributed by atoms with Crippen LogP contribution in [0.25, 0.3) is 0 Å². The molecule has 0 aromatic heterocycles. The second-order valence-corrected chi connectivity index (χ2v) is 8.57. The third kappa shape index (κ3) is 4.81. The van der Waals surface area contributed by atoms with E-state index >= 15 is 0 Å². The lowest BCUT2D eigenvalue weighted by Gasteiger charge is -2.36. The Hall–Kier alpha value is -0.860. The van der Waals surface area contributed by atoms with Crippen LogP contribution in [0, 0.1) is 5.92 Å². The van der Waals surface area contributed by atoms with Crippen molar-refractivity contribution in [1.29, 1.82) is 0 Å². The first-order valence-electron chi connectivity index (χ1n) is 7.71. The van der Waals surface area contributed by atoms with Gasteiger partial charge >= 0.3 is 0 Å². The number of hydrogen-bond donors (Lipinski definition) is 2. The Balaban J connectivity index is 1.96. The van der Waals surface area contributed by atoms with E-state index < -0.39 is 16.1 Å². The first kappa shape index (κ1) is 18.5. The molecule has 1 unspecified atom stereocenters. The highest BCUT2D eigenvalue weighted by Crippen LogP contribution is 2.20. The maximum atomic E-state index is 12.5. The Kier molecular flexibility index (Phi) is 6.27. The molecule has 1 fully saturated rings. The molecule has 0 amide bonds. The van der Waals surface area contributed by atoms with Gasteiger partial charge in [-0.15, -0.1) is 0 Å². The number of nitrogens with zero attached hydrogens (tertiary/aromatic N) is 2. The van der Waals surface area contributed by atoms with Gasteiger partial charge < -0.3 is 10.1 Å². The molecule has 1 saturated heterocycles. The van der Waals surface area contributed by atoms with E-state index in [9.17, 15) is 8.42 Å². The number of piperazine rings is 1. The molecule has 1 atom stereocenters. The summed E-state index contributed by atoms with van der Waals surface area (Å²) in [7, 11) is -3.39. The molecule has 23 heavy (non-hydrogen) atoms. The summed E-state index contributed by atoms with van der Waals surface area (Å²) in [5, 5.41) is 9.81. The topological polar surface area (TPSA) is 72.9 Å². The summed E-state index contributed by atoms with van der Waals surface area (Å²) in [5.74, 6) is -0.0626. The van der Waals surface area contributed by atoms with Crippen LogP contribution < -0.4 is 10.4 Å². The number of hydroxylamine groups is 1. The second kappa shape index (κ2) is 7.81. The van der Waals surface area contributed by atoms with Crippen molar-refractivity contribution in [2.45, 2.75) is 19.9 Å². The van der Waals surface area contributed by atoms with E-state index in [0.29, 0.717) is 31.2 Å². The number of hydrogen-bond acceptors (Lipinski definition) is 5. The molecule has 0 radical (unpaired) electrons. The van der Waals surface area contributed by atoms with Crippen LogP contribution in [0.1, 0.15) is 13.8 Å². The number of anilines is 1. The van der Waals surface area contributed by atoms with E-state index in [1.165, 1.54) is 4.31 Å². The fourth-order valence-electron chi connectivity index (χ4n) is 2.59. The standard InChI is InChI=1S/C15H24ClN3O3S/c1-12(2)15(17-20)11-23(21,22)19-9-7-18(8-10-19)14-5-3-13(16)4-6-14/h3-6,12,15,17,20H,7-11H2,1-2H3. The molecular weight excluding hydrogens is 338 g/mol. The van der Waals surface area contributed by atoms with Gasteiger partial charge in [-0.2, -0.15) is 4.31 Å². The van der Waals surface area contributed by atoms with Crippen molar-refractivity contribution in [1.82, 2.24) is 9.79 Å². The van der Waals surface area contributed by atoms with Gasteiger partial charge in [0, 0.05) is 42.9 Å². The molecule has 8 heteroatoms. The van der Waals surface area contributed by atoms with Gasteiger partial charge in [0.25, 0.3) is 0 Å². The smallest absolute Gasteiger partial charge is 0.215 e. The number of benzene rings is 1. The zero-order valence-corrected chi connectivity index (χ0v) is 15.0. The Morgan fingerprint density at radius 1 is 1.17 bits per heavy atom. The minimum absolute atomic E-state index is 0.0325. The minimum atomic E-state index is -3.39. The van der Waals surface area contributed by atoms with Crippen LogP contribution in [0.15, 0.2) is 24.3 Å². The summed E-state index contributed by atoms with van der Waals surface area (Å²) in [4.78, 5) is 2.15. The van der Waals surface area contributed by atoms with Crippen molar-refractivity contribution in [3.05, 3.63) is 29.3 Å². The molecule has 1 heterocycles. The largest absolute Gasteiger partial charge is 0.369 e. The predicted molar refractivity (Wildman–Crippen MR) is 92.6 cm³/mol. The fourth-order valence-corrected chi connectivity index (χ4v) is 4.56. The Bertz CT molecular complexity index is 599. The second-order valence-electron chi connectivity index (χ2n) is 6.12. The summed E-state index contributed by atoms with van der Waals surface area (Å²) >= 11 is 5.89. The fraction of sp³-hybridized carbons (Fsp3) is 0.600. The highest BCUT2D eigenvalue weighted by atomic mass is 35.5. The molecule has 130 valence electrons. The Labute approximate surface area is 143 Å². The minimum Gasteiger partial charge on any atom is -0.369 e. The molecule has 1 aromatic rings. The van der Waals surface area contributed by atoms with Gasteiger partial charge in [-0.25, -0.2) is 13.9 Å². The van der Waals surface area contributed by atoms with Crippen molar-refractivity contribution in [2.24, 2.45) is 5.92 Å². The maximum absolute atomic E-state index is 12.5. The van der Waals surface area contributed by atoms with Crippen LogP contribution in [-0.2, 0) is 10.0 Å². The van der Waals surface area contributed by atoms with E-state index in [0.717, 1.165) is 5.69 Å². The molecular formula is C15H24ClN3O3S. The lowest BCUT2D eigenvalue weighted by Crippen LogP contribution is -2.51. The van der Waals surface area contributed by atoms with Crippen LogP contribution >= 0.6 is 11.6 Å². The molecule has 0 aliphatic carbocycles. The van der Waals surface area contributed by atoms with E-state index in [1.807, 2.05) is 38.1 Å². The number of rotatable bonds is 6. The van der Waals surface area contributed by atoms with Gasteiger partial charge in [0.05, 0.1) is 5.75 Å². The molecule has 1 aliphatic rings. The zero-order valence-electron chi connectivity index (χ0n) is 13.4. The summed E-state index contributed by atoms with van der Waals surface area (Å²) in [6.07, 6.45) is 0. The van der Waals surface area contributed by atoms with Crippen LogP contribution in [0.2, 0.25) is 5.02 Å². The average Bonchev–Trinajstić information content (AvgIpc) is 2.53. The van der Waals surface area contributed by atoms with Crippen LogP contribution in [0.4, 0.5) is 5.69 Å². The molecule has 6 nitrogen and oxygen atoms in total. The third-order valence-corrected chi connectivity index (χ3v) is 6.37. The van der Waals surface area contributed by atoms with Gasteiger partial charge in [0.15, 0.2) is 0 Å². The summed E-state index contributed by atoms with van der Waals surface area (Å²) in [5.41, 5.74) is 3.15. The van der Waals surface area contributed by atoms with E-state index in [4.69, 9.17) is 16.8 Å². The molecule has 0 saturated carbocycles. The van der Waals surface area contributed by atoms with Gasteiger partial charge in [-0.05, 0) is 30.2 Å². The highest BCUT2D eigenvalue weighted by Gasteiger charge is 2.30. The number of sulfonamides is 1. The first-order valence-corrected chi connectivity index (χ1v) is 9.70. The predicted octanol–water partition coefficient (Wildman–Crippen LogP) is 1.80. The number of halogens is 1. The quantitative estimate of drug-likeness (QED) is 0.756. The van der Waals surface area contributed by atoms with Crippen molar-refractivity contribution in [3.63, 3.8) is 0 Å². The van der Waals surface area contributed by atoms with Gasteiger partial charge in [0.1, 0.15) is 0 Å². The normalized spacial score (nSPS) is 18.4. The highest BCUT2D eigenvalue weighted by molar-refractivity contribution is 7.89.